The van der Waals surface area contributed by atoms with Gasteiger partial charge in [-0.1, -0.05) is 29.8 Å². The topological polar surface area (TPSA) is 27.1 Å². The van der Waals surface area contributed by atoms with Crippen LogP contribution in [0.4, 0.5) is 0 Å². The molecule has 1 aromatic heterocycles. The van der Waals surface area contributed by atoms with Crippen LogP contribution >= 0.6 is 23.2 Å². The number of methoxy groups -OCH3 is 1. The molecule has 0 unspecified atom stereocenters. The molecule has 2 rings (SSSR count). The van der Waals surface area contributed by atoms with Crippen LogP contribution in [0.25, 0.3) is 5.69 Å². The van der Waals surface area contributed by atoms with Crippen LogP contribution in [0.1, 0.15) is 11.3 Å². The summed E-state index contributed by atoms with van der Waals surface area (Å²) < 4.78 is 6.76. The van der Waals surface area contributed by atoms with E-state index < -0.39 is 0 Å². The van der Waals surface area contributed by atoms with Crippen LogP contribution in [0.5, 0.6) is 0 Å². The molecule has 0 aliphatic heterocycles. The summed E-state index contributed by atoms with van der Waals surface area (Å²) in [5.74, 6) is 0.324. The largest absolute Gasteiger partial charge is 0.378 e. The Bertz CT molecular complexity index is 497. The van der Waals surface area contributed by atoms with Gasteiger partial charge in [-0.2, -0.15) is 5.10 Å². The summed E-state index contributed by atoms with van der Waals surface area (Å²) in [6, 6.07) is 9.69. The molecular weight excluding hydrogens is 259 g/mol. The molecule has 1 aromatic carbocycles. The van der Waals surface area contributed by atoms with Gasteiger partial charge in [-0.05, 0) is 12.1 Å². The van der Waals surface area contributed by atoms with Crippen molar-refractivity contribution in [1.82, 2.24) is 9.78 Å². The summed E-state index contributed by atoms with van der Waals surface area (Å²) in [5, 5.41) is 4.96. The van der Waals surface area contributed by atoms with E-state index >= 15 is 0 Å². The second kappa shape index (κ2) is 5.54. The molecule has 0 aliphatic rings. The molecule has 0 aliphatic carbocycles. The van der Waals surface area contributed by atoms with Crippen LogP contribution in [0.3, 0.4) is 0 Å². The zero-order chi connectivity index (χ0) is 12.3. The minimum absolute atomic E-state index is 0.324. The van der Waals surface area contributed by atoms with Crippen LogP contribution in [0.2, 0.25) is 5.15 Å². The van der Waals surface area contributed by atoms with Gasteiger partial charge in [0.15, 0.2) is 0 Å². The molecule has 17 heavy (non-hydrogen) atoms. The van der Waals surface area contributed by atoms with Gasteiger partial charge in [-0.25, -0.2) is 4.68 Å². The van der Waals surface area contributed by atoms with Gasteiger partial charge in [0.2, 0.25) is 0 Å². The zero-order valence-electron chi connectivity index (χ0n) is 9.36. The summed E-state index contributed by atoms with van der Waals surface area (Å²) in [4.78, 5) is 0. The van der Waals surface area contributed by atoms with Gasteiger partial charge < -0.3 is 4.74 Å². The number of hydrogen-bond acceptors (Lipinski definition) is 2. The lowest BCUT2D eigenvalue weighted by Crippen LogP contribution is -1.97. The molecule has 0 bridgehead atoms. The van der Waals surface area contributed by atoms with E-state index in [4.69, 9.17) is 27.9 Å². The minimum atomic E-state index is 0.324. The molecule has 1 heterocycles. The van der Waals surface area contributed by atoms with E-state index in [2.05, 4.69) is 5.10 Å². The first-order valence-corrected chi connectivity index (χ1v) is 6.05. The first-order chi connectivity index (χ1) is 8.27. The smallest absolute Gasteiger partial charge is 0.137 e. The van der Waals surface area contributed by atoms with Crippen molar-refractivity contribution in [3.05, 3.63) is 46.7 Å². The lowest BCUT2D eigenvalue weighted by Gasteiger charge is -2.01. The monoisotopic (exact) mass is 270 g/mol. The van der Waals surface area contributed by atoms with Crippen molar-refractivity contribution in [2.45, 2.75) is 12.5 Å². The maximum Gasteiger partial charge on any atom is 0.137 e. The van der Waals surface area contributed by atoms with E-state index in [1.807, 2.05) is 30.3 Å². The normalized spacial score (nSPS) is 10.8. The highest BCUT2D eigenvalue weighted by Crippen LogP contribution is 2.25. The highest BCUT2D eigenvalue weighted by molar-refractivity contribution is 6.31. The van der Waals surface area contributed by atoms with E-state index in [-0.39, 0.29) is 0 Å². The van der Waals surface area contributed by atoms with E-state index in [9.17, 15) is 0 Å². The summed E-state index contributed by atoms with van der Waals surface area (Å²) >= 11 is 12.1. The van der Waals surface area contributed by atoms with Crippen molar-refractivity contribution in [3.63, 3.8) is 0 Å². The average molecular weight is 271 g/mol. The van der Waals surface area contributed by atoms with Crippen LogP contribution in [0, 0.1) is 0 Å². The number of hydrogen-bond donors (Lipinski definition) is 0. The molecule has 0 amide bonds. The lowest BCUT2D eigenvalue weighted by atomic mass is 10.3. The fraction of sp³-hybridized carbons (Fsp3) is 0.250. The Hall–Kier alpha value is -1.03. The molecule has 2 aromatic rings. The fourth-order valence-corrected chi connectivity index (χ4v) is 2.26. The SMILES string of the molecule is COCc1nn(-c2ccccc2)c(Cl)c1CCl. The zero-order valence-corrected chi connectivity index (χ0v) is 10.9. The highest BCUT2D eigenvalue weighted by atomic mass is 35.5. The standard InChI is InChI=1S/C12H12Cl2N2O/c1-17-8-11-10(7-13)12(14)16(15-11)9-5-3-2-4-6-9/h2-6H,7-8H2,1H3. The van der Waals surface area contributed by atoms with Crippen LogP contribution in [-0.2, 0) is 17.2 Å². The van der Waals surface area contributed by atoms with E-state index in [1.165, 1.54) is 0 Å². The Kier molecular flexibility index (Phi) is 4.05. The predicted molar refractivity (Wildman–Crippen MR) is 68.8 cm³/mol. The molecular formula is C12H12Cl2N2O. The molecule has 0 spiro atoms. The second-order valence-corrected chi connectivity index (χ2v) is 4.16. The number of halogens is 2. The quantitative estimate of drug-likeness (QED) is 0.797. The highest BCUT2D eigenvalue weighted by Gasteiger charge is 2.16. The molecule has 3 nitrogen and oxygen atoms in total. The van der Waals surface area contributed by atoms with Crippen LogP contribution < -0.4 is 0 Å². The van der Waals surface area contributed by atoms with Gasteiger partial charge in [0.25, 0.3) is 0 Å². The Balaban J connectivity index is 2.49. The molecule has 0 fully saturated rings. The third kappa shape index (κ3) is 2.46. The lowest BCUT2D eigenvalue weighted by molar-refractivity contribution is 0.180. The summed E-state index contributed by atoms with van der Waals surface area (Å²) in [7, 11) is 1.62. The molecule has 90 valence electrons. The van der Waals surface area contributed by atoms with Crippen molar-refractivity contribution < 1.29 is 4.74 Å². The number of aromatic nitrogens is 2. The molecule has 0 radical (unpaired) electrons. The van der Waals surface area contributed by atoms with E-state index in [0.717, 1.165) is 16.9 Å². The second-order valence-electron chi connectivity index (χ2n) is 3.53. The van der Waals surface area contributed by atoms with Crippen molar-refractivity contribution in [2.75, 3.05) is 7.11 Å². The van der Waals surface area contributed by atoms with Gasteiger partial charge >= 0.3 is 0 Å². The summed E-state index contributed by atoms with van der Waals surface area (Å²) in [6.45, 7) is 0.404. The predicted octanol–water partition coefficient (Wildman–Crippen LogP) is 3.41. The third-order valence-corrected chi connectivity index (χ3v) is 3.07. The van der Waals surface area contributed by atoms with E-state index in [0.29, 0.717) is 17.6 Å². The van der Waals surface area contributed by atoms with Gasteiger partial charge in [0.1, 0.15) is 5.15 Å². The van der Waals surface area contributed by atoms with Crippen molar-refractivity contribution in [1.29, 1.82) is 0 Å². The van der Waals surface area contributed by atoms with Gasteiger partial charge in [0, 0.05) is 12.7 Å². The van der Waals surface area contributed by atoms with Gasteiger partial charge in [-0.15, -0.1) is 11.6 Å². The number of para-hydroxylation sites is 1. The first-order valence-electron chi connectivity index (χ1n) is 5.14. The maximum absolute atomic E-state index is 6.26. The Morgan fingerprint density at radius 2 is 2.00 bits per heavy atom. The molecule has 0 saturated heterocycles. The van der Waals surface area contributed by atoms with Gasteiger partial charge in [0.05, 0.1) is 23.9 Å². The number of rotatable bonds is 4. The van der Waals surface area contributed by atoms with Crippen LogP contribution in [-0.4, -0.2) is 16.9 Å². The summed E-state index contributed by atoms with van der Waals surface area (Å²) in [5.41, 5.74) is 2.50. The van der Waals surface area contributed by atoms with Crippen molar-refractivity contribution in [3.8, 4) is 5.69 Å². The maximum atomic E-state index is 6.26. The molecule has 5 heteroatoms. The Morgan fingerprint density at radius 1 is 1.29 bits per heavy atom. The third-order valence-electron chi connectivity index (χ3n) is 2.42. The Morgan fingerprint density at radius 3 is 2.59 bits per heavy atom. The fourth-order valence-electron chi connectivity index (χ4n) is 1.60. The van der Waals surface area contributed by atoms with Crippen molar-refractivity contribution >= 4 is 23.2 Å². The number of ether oxygens (including phenoxy) is 1. The van der Waals surface area contributed by atoms with E-state index in [1.54, 1.807) is 11.8 Å². The number of alkyl halides is 1. The Labute approximate surface area is 110 Å². The van der Waals surface area contributed by atoms with Crippen LogP contribution in [0.15, 0.2) is 30.3 Å². The summed E-state index contributed by atoms with van der Waals surface area (Å²) in [6.07, 6.45) is 0. The molecule has 0 N–H and O–H groups in total. The minimum Gasteiger partial charge on any atom is -0.378 e. The average Bonchev–Trinajstić information content (AvgIpc) is 2.67. The van der Waals surface area contributed by atoms with Crippen molar-refractivity contribution in [2.24, 2.45) is 0 Å². The van der Waals surface area contributed by atoms with Gasteiger partial charge in [-0.3, -0.25) is 0 Å². The first kappa shape index (κ1) is 12.4. The molecule has 0 saturated carbocycles. The number of nitrogens with zero attached hydrogens (tertiary/aromatic N) is 2. The number of benzene rings is 1. The molecule has 0 atom stereocenters.